The minimum absolute atomic E-state index is 0.0748. The Hall–Kier alpha value is -3.49. The van der Waals surface area contributed by atoms with E-state index in [-0.39, 0.29) is 18.2 Å². The number of hydrogen-bond donors (Lipinski definition) is 1. The Labute approximate surface area is 232 Å². The zero-order valence-corrected chi connectivity index (χ0v) is 22.9. The van der Waals surface area contributed by atoms with Crippen molar-refractivity contribution in [3.63, 3.8) is 0 Å². The molecule has 3 aromatic rings. The molecule has 0 spiro atoms. The molecule has 3 aromatic carbocycles. The number of hydrogen-bond acceptors (Lipinski definition) is 6. The lowest BCUT2D eigenvalue weighted by molar-refractivity contribution is -0.129. The molecule has 0 bridgehead atoms. The smallest absolute Gasteiger partial charge is 0.238 e. The van der Waals surface area contributed by atoms with E-state index in [0.29, 0.717) is 41.1 Å². The number of halogens is 1. The topological polar surface area (TPSA) is 80.2 Å². The van der Waals surface area contributed by atoms with Crippen molar-refractivity contribution in [2.24, 2.45) is 4.99 Å². The summed E-state index contributed by atoms with van der Waals surface area (Å²) < 4.78 is 10.8. The normalized spacial score (nSPS) is 16.4. The summed E-state index contributed by atoms with van der Waals surface area (Å²) in [4.78, 5) is 32.8. The summed E-state index contributed by atoms with van der Waals surface area (Å²) >= 11 is 7.44. The van der Waals surface area contributed by atoms with Gasteiger partial charge in [-0.15, -0.1) is 0 Å². The van der Waals surface area contributed by atoms with Crippen LogP contribution in [0.1, 0.15) is 25.3 Å². The monoisotopic (exact) mass is 551 g/mol. The second-order valence-corrected chi connectivity index (χ2v) is 10.3. The van der Waals surface area contributed by atoms with E-state index in [2.05, 4.69) is 5.32 Å². The Morgan fingerprint density at radius 1 is 1.11 bits per heavy atom. The first-order chi connectivity index (χ1) is 18.4. The Morgan fingerprint density at radius 2 is 1.84 bits per heavy atom. The quantitative estimate of drug-likeness (QED) is 0.318. The highest BCUT2D eigenvalue weighted by molar-refractivity contribution is 8.15. The molecular formula is C29H30ClN3O4S. The van der Waals surface area contributed by atoms with Gasteiger partial charge in [0.15, 0.2) is 5.17 Å². The molecule has 4 rings (SSSR count). The maximum Gasteiger partial charge on any atom is 0.238 e. The average Bonchev–Trinajstić information content (AvgIpc) is 2.92. The number of benzene rings is 3. The molecule has 1 aliphatic rings. The maximum absolute atomic E-state index is 13.3. The van der Waals surface area contributed by atoms with Crippen LogP contribution < -0.4 is 14.8 Å². The molecule has 0 radical (unpaired) electrons. The molecule has 198 valence electrons. The van der Waals surface area contributed by atoms with Gasteiger partial charge in [0, 0.05) is 23.7 Å². The van der Waals surface area contributed by atoms with Gasteiger partial charge in [0.1, 0.15) is 16.7 Å². The number of amidine groups is 1. The van der Waals surface area contributed by atoms with Crippen molar-refractivity contribution >= 4 is 51.7 Å². The van der Waals surface area contributed by atoms with Crippen LogP contribution in [-0.2, 0) is 16.0 Å². The lowest BCUT2D eigenvalue weighted by Crippen LogP contribution is -2.46. The fourth-order valence-electron chi connectivity index (χ4n) is 3.83. The summed E-state index contributed by atoms with van der Waals surface area (Å²) in [7, 11) is 1.63. The molecule has 0 saturated carbocycles. The third-order valence-electron chi connectivity index (χ3n) is 5.84. The number of anilines is 1. The number of ether oxygens (including phenoxy) is 2. The van der Waals surface area contributed by atoms with Crippen LogP contribution in [0.2, 0.25) is 5.02 Å². The van der Waals surface area contributed by atoms with Crippen molar-refractivity contribution in [1.82, 2.24) is 4.90 Å². The molecule has 0 aromatic heterocycles. The largest absolute Gasteiger partial charge is 0.497 e. The van der Waals surface area contributed by atoms with Crippen LogP contribution in [0.3, 0.4) is 0 Å². The van der Waals surface area contributed by atoms with E-state index in [4.69, 9.17) is 26.1 Å². The number of amides is 2. The number of methoxy groups -OCH3 is 1. The van der Waals surface area contributed by atoms with E-state index < -0.39 is 5.25 Å². The van der Waals surface area contributed by atoms with E-state index in [1.807, 2.05) is 49.4 Å². The molecule has 1 heterocycles. The molecule has 1 N–H and O–H groups in total. The summed E-state index contributed by atoms with van der Waals surface area (Å²) in [5.74, 6) is 1.12. The minimum atomic E-state index is -0.617. The van der Waals surface area contributed by atoms with Crippen molar-refractivity contribution < 1.29 is 19.1 Å². The predicted octanol–water partition coefficient (Wildman–Crippen LogP) is 6.34. The van der Waals surface area contributed by atoms with Crippen molar-refractivity contribution in [2.75, 3.05) is 25.6 Å². The molecule has 38 heavy (non-hydrogen) atoms. The lowest BCUT2D eigenvalue weighted by atomic mass is 10.1. The second kappa shape index (κ2) is 13.3. The number of thioether (sulfide) groups is 1. The highest BCUT2D eigenvalue weighted by atomic mass is 35.5. The molecule has 7 nitrogen and oxygen atoms in total. The molecule has 0 aliphatic carbocycles. The first-order valence-electron chi connectivity index (χ1n) is 12.4. The number of nitrogens with one attached hydrogen (secondary N) is 1. The summed E-state index contributed by atoms with van der Waals surface area (Å²) in [6, 6.07) is 22.1. The standard InChI is InChI=1S/C29H30ClN3O4S/c1-3-17-37-25-13-9-22(10-14-25)31-28(35)26-19-27(34)33(16-15-20-7-11-24(36-2)12-8-20)29(38-26)32-23-6-4-5-21(30)18-23/h4-14,18,26H,3,15-17,19H2,1-2H3,(H,31,35). The third kappa shape index (κ3) is 7.52. The van der Waals surface area contributed by atoms with Crippen molar-refractivity contribution in [3.8, 4) is 11.5 Å². The van der Waals surface area contributed by atoms with Gasteiger partial charge in [-0.05, 0) is 73.0 Å². The van der Waals surface area contributed by atoms with E-state index in [0.717, 1.165) is 23.5 Å². The second-order valence-electron chi connectivity index (χ2n) is 8.69. The first-order valence-corrected chi connectivity index (χ1v) is 13.7. The molecular weight excluding hydrogens is 522 g/mol. The summed E-state index contributed by atoms with van der Waals surface area (Å²) in [6.45, 7) is 3.11. The maximum atomic E-state index is 13.3. The zero-order chi connectivity index (χ0) is 26.9. The van der Waals surface area contributed by atoms with Crippen LogP contribution in [0.4, 0.5) is 11.4 Å². The zero-order valence-electron chi connectivity index (χ0n) is 21.4. The highest BCUT2D eigenvalue weighted by Crippen LogP contribution is 2.31. The number of carbonyl (C=O) groups is 2. The van der Waals surface area contributed by atoms with Crippen LogP contribution in [0.15, 0.2) is 77.8 Å². The summed E-state index contributed by atoms with van der Waals surface area (Å²) in [5, 5.41) is 3.32. The Balaban J connectivity index is 1.49. The Bertz CT molecular complexity index is 1280. The predicted molar refractivity (Wildman–Crippen MR) is 154 cm³/mol. The molecule has 1 fully saturated rings. The van der Waals surface area contributed by atoms with Gasteiger partial charge in [-0.1, -0.05) is 48.5 Å². The van der Waals surface area contributed by atoms with Crippen LogP contribution in [-0.4, -0.2) is 47.4 Å². The number of aliphatic imine (C=N–C) groups is 1. The van der Waals surface area contributed by atoms with Crippen LogP contribution in [0.25, 0.3) is 0 Å². The van der Waals surface area contributed by atoms with Gasteiger partial charge in [0.05, 0.1) is 19.4 Å². The Kier molecular flexibility index (Phi) is 9.67. The summed E-state index contributed by atoms with van der Waals surface area (Å²) in [6.07, 6.45) is 1.63. The SMILES string of the molecule is CCCOc1ccc(NC(=O)C2CC(=O)N(CCc3ccc(OC)cc3)C(=Nc3cccc(Cl)c3)S2)cc1. The van der Waals surface area contributed by atoms with E-state index >= 15 is 0 Å². The van der Waals surface area contributed by atoms with E-state index in [9.17, 15) is 9.59 Å². The van der Waals surface area contributed by atoms with Crippen LogP contribution in [0.5, 0.6) is 11.5 Å². The van der Waals surface area contributed by atoms with Gasteiger partial charge >= 0.3 is 0 Å². The van der Waals surface area contributed by atoms with Gasteiger partial charge in [-0.2, -0.15) is 0 Å². The lowest BCUT2D eigenvalue weighted by Gasteiger charge is -2.32. The molecule has 1 unspecified atom stereocenters. The fraction of sp³-hybridized carbons (Fsp3) is 0.276. The molecule has 2 amide bonds. The molecule has 1 aliphatic heterocycles. The number of rotatable bonds is 10. The van der Waals surface area contributed by atoms with Gasteiger partial charge in [-0.3, -0.25) is 14.5 Å². The number of nitrogens with zero attached hydrogens (tertiary/aromatic N) is 2. The first kappa shape index (κ1) is 27.5. The minimum Gasteiger partial charge on any atom is -0.497 e. The average molecular weight is 552 g/mol. The Morgan fingerprint density at radius 3 is 2.53 bits per heavy atom. The van der Waals surface area contributed by atoms with Gasteiger partial charge in [0.2, 0.25) is 11.8 Å². The van der Waals surface area contributed by atoms with Crippen molar-refractivity contribution in [1.29, 1.82) is 0 Å². The number of carbonyl (C=O) groups excluding carboxylic acids is 2. The fourth-order valence-corrected chi connectivity index (χ4v) is 5.14. The summed E-state index contributed by atoms with van der Waals surface area (Å²) in [5.41, 5.74) is 2.32. The van der Waals surface area contributed by atoms with Gasteiger partial charge in [-0.25, -0.2) is 4.99 Å². The van der Waals surface area contributed by atoms with E-state index in [1.54, 1.807) is 42.3 Å². The van der Waals surface area contributed by atoms with Gasteiger partial charge in [0.25, 0.3) is 0 Å². The van der Waals surface area contributed by atoms with Crippen LogP contribution in [0, 0.1) is 0 Å². The molecule has 1 saturated heterocycles. The van der Waals surface area contributed by atoms with Crippen molar-refractivity contribution in [3.05, 3.63) is 83.4 Å². The van der Waals surface area contributed by atoms with Crippen LogP contribution >= 0.6 is 23.4 Å². The van der Waals surface area contributed by atoms with E-state index in [1.165, 1.54) is 11.8 Å². The third-order valence-corrected chi connectivity index (χ3v) is 7.27. The van der Waals surface area contributed by atoms with Crippen molar-refractivity contribution in [2.45, 2.75) is 31.4 Å². The molecule has 9 heteroatoms. The van der Waals surface area contributed by atoms with Gasteiger partial charge < -0.3 is 14.8 Å². The molecule has 1 atom stereocenters. The highest BCUT2D eigenvalue weighted by Gasteiger charge is 2.35.